The number of hydrogen-bond acceptors (Lipinski definition) is 3. The number of hydrogen-bond donors (Lipinski definition) is 0. The summed E-state index contributed by atoms with van der Waals surface area (Å²) in [4.78, 5) is 2.49. The van der Waals surface area contributed by atoms with E-state index in [2.05, 4.69) is 41.3 Å². The molecule has 1 aromatic heterocycles. The fraction of sp³-hybridized carbons (Fsp3) is 0.444. The van der Waals surface area contributed by atoms with Crippen molar-refractivity contribution >= 4 is 0 Å². The van der Waals surface area contributed by atoms with E-state index in [0.29, 0.717) is 12.1 Å². The number of nitrogens with zero attached hydrogens (tertiary/aromatic N) is 1. The van der Waals surface area contributed by atoms with Crippen molar-refractivity contribution in [1.29, 1.82) is 0 Å². The second-order valence-corrected chi connectivity index (χ2v) is 5.80. The molecule has 1 aliphatic rings. The van der Waals surface area contributed by atoms with Crippen LogP contribution in [0.4, 0.5) is 0 Å². The van der Waals surface area contributed by atoms with Crippen molar-refractivity contribution in [1.82, 2.24) is 4.90 Å². The summed E-state index contributed by atoms with van der Waals surface area (Å²) in [7, 11) is 1.82. The summed E-state index contributed by atoms with van der Waals surface area (Å²) in [5.41, 5.74) is 1.37. The third-order valence-corrected chi connectivity index (χ3v) is 4.34. The van der Waals surface area contributed by atoms with Crippen LogP contribution >= 0.6 is 0 Å². The van der Waals surface area contributed by atoms with Crippen LogP contribution in [-0.4, -0.2) is 30.7 Å². The van der Waals surface area contributed by atoms with E-state index >= 15 is 0 Å². The van der Waals surface area contributed by atoms with Gasteiger partial charge in [0, 0.05) is 19.7 Å². The molecule has 0 radical (unpaired) electrons. The highest BCUT2D eigenvalue weighted by atomic mass is 16.5. The molecule has 0 spiro atoms. The number of likely N-dealkylation sites (tertiary alicyclic amines) is 1. The van der Waals surface area contributed by atoms with Crippen LogP contribution in [0.1, 0.15) is 23.5 Å². The number of methoxy groups -OCH3 is 1. The van der Waals surface area contributed by atoms with Gasteiger partial charge in [0.2, 0.25) is 0 Å². The van der Waals surface area contributed by atoms with E-state index in [9.17, 15) is 0 Å². The topological polar surface area (TPSA) is 25.6 Å². The summed E-state index contributed by atoms with van der Waals surface area (Å²) >= 11 is 0. The monoisotopic (exact) mass is 285 g/mol. The summed E-state index contributed by atoms with van der Waals surface area (Å²) in [5.74, 6) is 2.02. The smallest absolute Gasteiger partial charge is 0.118 e. The number of aryl methyl sites for hydroxylation is 1. The summed E-state index contributed by atoms with van der Waals surface area (Å²) in [5, 5.41) is 0. The van der Waals surface area contributed by atoms with E-state index < -0.39 is 0 Å². The SMILES string of the molecule is CO[C@@H]1CCN(Cc2ccc(C)o2)[C@H]1Cc1ccccc1. The van der Waals surface area contributed by atoms with E-state index in [1.165, 1.54) is 5.56 Å². The van der Waals surface area contributed by atoms with Crippen molar-refractivity contribution in [2.45, 2.75) is 38.5 Å². The van der Waals surface area contributed by atoms with Gasteiger partial charge in [-0.05, 0) is 37.5 Å². The number of rotatable bonds is 5. The van der Waals surface area contributed by atoms with Gasteiger partial charge in [0.05, 0.1) is 12.6 Å². The average Bonchev–Trinajstić information content (AvgIpc) is 3.08. The molecule has 21 heavy (non-hydrogen) atoms. The Labute approximate surface area is 126 Å². The van der Waals surface area contributed by atoms with Crippen molar-refractivity contribution in [3.63, 3.8) is 0 Å². The minimum Gasteiger partial charge on any atom is -0.465 e. The summed E-state index contributed by atoms with van der Waals surface area (Å²) < 4.78 is 11.4. The largest absolute Gasteiger partial charge is 0.465 e. The maximum Gasteiger partial charge on any atom is 0.118 e. The average molecular weight is 285 g/mol. The highest BCUT2D eigenvalue weighted by Crippen LogP contribution is 2.26. The van der Waals surface area contributed by atoms with Crippen molar-refractivity contribution in [3.05, 3.63) is 59.5 Å². The first kappa shape index (κ1) is 14.4. The van der Waals surface area contributed by atoms with Gasteiger partial charge in [-0.25, -0.2) is 0 Å². The first-order chi connectivity index (χ1) is 10.3. The Morgan fingerprint density at radius 3 is 2.67 bits per heavy atom. The van der Waals surface area contributed by atoms with Crippen LogP contribution in [0.3, 0.4) is 0 Å². The Kier molecular flexibility index (Phi) is 4.42. The molecule has 3 heteroatoms. The van der Waals surface area contributed by atoms with Crippen molar-refractivity contribution < 1.29 is 9.15 Å². The predicted molar refractivity (Wildman–Crippen MR) is 83.2 cm³/mol. The van der Waals surface area contributed by atoms with Gasteiger partial charge in [-0.1, -0.05) is 30.3 Å². The maximum atomic E-state index is 5.73. The van der Waals surface area contributed by atoms with E-state index in [4.69, 9.17) is 9.15 Å². The second kappa shape index (κ2) is 6.46. The Morgan fingerprint density at radius 1 is 1.19 bits per heavy atom. The summed E-state index contributed by atoms with van der Waals surface area (Å²) in [6.45, 7) is 3.92. The van der Waals surface area contributed by atoms with Crippen LogP contribution in [0.25, 0.3) is 0 Å². The van der Waals surface area contributed by atoms with E-state index in [0.717, 1.165) is 37.5 Å². The standard InChI is InChI=1S/C18H23NO2/c1-14-8-9-16(21-14)13-19-11-10-18(20-2)17(19)12-15-6-4-3-5-7-15/h3-9,17-18H,10-13H2,1-2H3/t17-,18+/m0/s1. The molecule has 0 amide bonds. The van der Waals surface area contributed by atoms with Gasteiger partial charge >= 0.3 is 0 Å². The van der Waals surface area contributed by atoms with Crippen molar-refractivity contribution in [2.24, 2.45) is 0 Å². The Balaban J connectivity index is 1.72. The maximum absolute atomic E-state index is 5.73. The zero-order chi connectivity index (χ0) is 14.7. The third-order valence-electron chi connectivity index (χ3n) is 4.34. The molecule has 3 rings (SSSR count). The van der Waals surface area contributed by atoms with E-state index in [1.54, 1.807) is 0 Å². The Hall–Kier alpha value is -1.58. The molecule has 0 saturated carbocycles. The van der Waals surface area contributed by atoms with Gasteiger partial charge in [-0.15, -0.1) is 0 Å². The lowest BCUT2D eigenvalue weighted by Gasteiger charge is -2.27. The normalized spacial score (nSPS) is 22.8. The van der Waals surface area contributed by atoms with Crippen LogP contribution in [0.15, 0.2) is 46.9 Å². The van der Waals surface area contributed by atoms with Gasteiger partial charge in [0.15, 0.2) is 0 Å². The summed E-state index contributed by atoms with van der Waals surface area (Å²) in [6.07, 6.45) is 2.42. The van der Waals surface area contributed by atoms with Crippen LogP contribution < -0.4 is 0 Å². The number of ether oxygens (including phenoxy) is 1. The van der Waals surface area contributed by atoms with Crippen LogP contribution in [0.5, 0.6) is 0 Å². The second-order valence-electron chi connectivity index (χ2n) is 5.80. The molecule has 0 N–H and O–H groups in total. The lowest BCUT2D eigenvalue weighted by molar-refractivity contribution is 0.0620. The third kappa shape index (κ3) is 3.36. The molecule has 3 nitrogen and oxygen atoms in total. The van der Waals surface area contributed by atoms with Gasteiger partial charge in [0.1, 0.15) is 11.5 Å². The molecule has 1 fully saturated rings. The lowest BCUT2D eigenvalue weighted by atomic mass is 10.0. The molecule has 0 bridgehead atoms. The van der Waals surface area contributed by atoms with Crippen LogP contribution in [0.2, 0.25) is 0 Å². The molecule has 1 aliphatic heterocycles. The fourth-order valence-corrected chi connectivity index (χ4v) is 3.24. The van der Waals surface area contributed by atoms with Gasteiger partial charge in [-0.2, -0.15) is 0 Å². The molecular weight excluding hydrogens is 262 g/mol. The molecule has 1 aromatic carbocycles. The molecule has 2 aromatic rings. The minimum absolute atomic E-state index is 0.307. The highest BCUT2D eigenvalue weighted by Gasteiger charge is 2.34. The fourth-order valence-electron chi connectivity index (χ4n) is 3.24. The molecule has 2 heterocycles. The van der Waals surface area contributed by atoms with Gasteiger partial charge < -0.3 is 9.15 Å². The van der Waals surface area contributed by atoms with E-state index in [1.807, 2.05) is 20.1 Å². The molecule has 2 atom stereocenters. The molecule has 1 saturated heterocycles. The highest BCUT2D eigenvalue weighted by molar-refractivity contribution is 5.17. The zero-order valence-electron chi connectivity index (χ0n) is 12.8. The Bertz CT molecular complexity index is 564. The Morgan fingerprint density at radius 2 is 2.00 bits per heavy atom. The molecular formula is C18H23NO2. The first-order valence-electron chi connectivity index (χ1n) is 7.62. The van der Waals surface area contributed by atoms with Crippen LogP contribution in [-0.2, 0) is 17.7 Å². The first-order valence-corrected chi connectivity index (χ1v) is 7.62. The van der Waals surface area contributed by atoms with Crippen molar-refractivity contribution in [3.8, 4) is 0 Å². The minimum atomic E-state index is 0.307. The zero-order valence-corrected chi connectivity index (χ0v) is 12.8. The molecule has 0 unspecified atom stereocenters. The van der Waals surface area contributed by atoms with Gasteiger partial charge in [0.25, 0.3) is 0 Å². The van der Waals surface area contributed by atoms with E-state index in [-0.39, 0.29) is 0 Å². The number of benzene rings is 1. The quantitative estimate of drug-likeness (QED) is 0.842. The van der Waals surface area contributed by atoms with Crippen molar-refractivity contribution in [2.75, 3.05) is 13.7 Å². The molecule has 0 aliphatic carbocycles. The number of furan rings is 1. The van der Waals surface area contributed by atoms with Gasteiger partial charge in [-0.3, -0.25) is 4.90 Å². The predicted octanol–water partition coefficient (Wildman–Crippen LogP) is 3.42. The van der Waals surface area contributed by atoms with Crippen LogP contribution in [0, 0.1) is 6.92 Å². The lowest BCUT2D eigenvalue weighted by Crippen LogP contribution is -2.37. The molecule has 112 valence electrons. The summed E-state index contributed by atoms with van der Waals surface area (Å²) in [6, 6.07) is 15.2.